The number of anilines is 1. The zero-order valence-corrected chi connectivity index (χ0v) is 23.9. The van der Waals surface area contributed by atoms with Crippen LogP contribution in [-0.4, -0.2) is 88.0 Å². The summed E-state index contributed by atoms with van der Waals surface area (Å²) in [7, 11) is 5.30. The second-order valence-electron chi connectivity index (χ2n) is 9.28. The van der Waals surface area contributed by atoms with Gasteiger partial charge in [0.1, 0.15) is 11.6 Å². The van der Waals surface area contributed by atoms with Gasteiger partial charge < -0.3 is 28.8 Å². The molecule has 10 nitrogen and oxygen atoms in total. The minimum absolute atomic E-state index is 0.204. The molecular formula is C28H37N5O5S. The van der Waals surface area contributed by atoms with E-state index in [1.54, 1.807) is 20.3 Å². The number of morpholine rings is 1. The Morgan fingerprint density at radius 1 is 1.10 bits per heavy atom. The van der Waals surface area contributed by atoms with E-state index in [0.717, 1.165) is 74.4 Å². The van der Waals surface area contributed by atoms with E-state index in [1.165, 1.54) is 11.8 Å². The van der Waals surface area contributed by atoms with Crippen molar-refractivity contribution in [2.24, 2.45) is 0 Å². The van der Waals surface area contributed by atoms with Crippen molar-refractivity contribution in [2.75, 3.05) is 72.1 Å². The number of aromatic nitrogens is 2. The molecule has 0 spiro atoms. The fourth-order valence-corrected chi connectivity index (χ4v) is 4.98. The fraction of sp³-hybridized carbons (Fsp3) is 0.464. The zero-order chi connectivity index (χ0) is 27.6. The van der Waals surface area contributed by atoms with Gasteiger partial charge in [0, 0.05) is 51.5 Å². The summed E-state index contributed by atoms with van der Waals surface area (Å²) in [6.07, 6.45) is 0.825. The fourth-order valence-electron chi connectivity index (χ4n) is 4.19. The van der Waals surface area contributed by atoms with Crippen molar-refractivity contribution in [3.63, 3.8) is 0 Å². The molecule has 1 aliphatic rings. The maximum absolute atomic E-state index is 12.5. The number of hydrogen-bond acceptors (Lipinski definition) is 10. The normalized spacial score (nSPS) is 13.7. The van der Waals surface area contributed by atoms with Gasteiger partial charge in [-0.05, 0) is 43.2 Å². The summed E-state index contributed by atoms with van der Waals surface area (Å²) in [5.74, 6) is 3.63. The first kappa shape index (κ1) is 28.7. The van der Waals surface area contributed by atoms with Crippen LogP contribution in [0.1, 0.15) is 27.6 Å². The van der Waals surface area contributed by atoms with Crippen molar-refractivity contribution in [2.45, 2.75) is 24.3 Å². The Bertz CT molecular complexity index is 1230. The van der Waals surface area contributed by atoms with Gasteiger partial charge >= 0.3 is 0 Å². The topological polar surface area (TPSA) is 102 Å². The van der Waals surface area contributed by atoms with Gasteiger partial charge in [-0.25, -0.2) is 9.97 Å². The SMILES string of the molecule is COc1ccc(CCN(C)c2cc(C)nc(SCc3ccc(C(=O)NCCN4CCOCC4)o3)n2)cc1OC. The van der Waals surface area contributed by atoms with Crippen molar-refractivity contribution in [1.29, 1.82) is 0 Å². The number of likely N-dealkylation sites (N-methyl/N-ethyl adjacent to an activating group) is 1. The van der Waals surface area contributed by atoms with Crippen LogP contribution in [0.25, 0.3) is 0 Å². The molecule has 0 radical (unpaired) electrons. The molecule has 3 aromatic rings. The molecule has 1 fully saturated rings. The lowest BCUT2D eigenvalue weighted by Crippen LogP contribution is -2.41. The number of nitrogens with zero attached hydrogens (tertiary/aromatic N) is 4. The minimum Gasteiger partial charge on any atom is -0.493 e. The molecule has 0 saturated carbocycles. The largest absolute Gasteiger partial charge is 0.493 e. The zero-order valence-electron chi connectivity index (χ0n) is 23.1. The maximum Gasteiger partial charge on any atom is 0.287 e. The predicted octanol–water partition coefficient (Wildman–Crippen LogP) is 3.43. The third-order valence-electron chi connectivity index (χ3n) is 6.44. The van der Waals surface area contributed by atoms with Crippen molar-refractivity contribution in [3.05, 3.63) is 59.2 Å². The van der Waals surface area contributed by atoms with Crippen LogP contribution in [0.5, 0.6) is 11.5 Å². The Morgan fingerprint density at radius 2 is 1.90 bits per heavy atom. The van der Waals surface area contributed by atoms with Crippen LogP contribution in [0, 0.1) is 6.92 Å². The van der Waals surface area contributed by atoms with Gasteiger partial charge in [0.05, 0.1) is 33.2 Å². The van der Waals surface area contributed by atoms with Gasteiger partial charge in [-0.15, -0.1) is 0 Å². The molecule has 3 heterocycles. The number of aryl methyl sites for hydroxylation is 1. The summed E-state index contributed by atoms with van der Waals surface area (Å²) in [5, 5.41) is 3.59. The summed E-state index contributed by atoms with van der Waals surface area (Å²) in [4.78, 5) is 26.2. The molecule has 1 amide bonds. The molecule has 39 heavy (non-hydrogen) atoms. The summed E-state index contributed by atoms with van der Waals surface area (Å²) < 4.78 is 21.9. The molecule has 1 saturated heterocycles. The quantitative estimate of drug-likeness (QED) is 0.249. The van der Waals surface area contributed by atoms with E-state index in [-0.39, 0.29) is 5.91 Å². The summed E-state index contributed by atoms with van der Waals surface area (Å²) in [6, 6.07) is 11.5. The third kappa shape index (κ3) is 8.35. The van der Waals surface area contributed by atoms with Crippen molar-refractivity contribution in [3.8, 4) is 11.5 Å². The van der Waals surface area contributed by atoms with E-state index < -0.39 is 0 Å². The molecule has 0 atom stereocenters. The molecule has 210 valence electrons. The van der Waals surface area contributed by atoms with E-state index >= 15 is 0 Å². The Hall–Kier alpha value is -3.28. The predicted molar refractivity (Wildman–Crippen MR) is 151 cm³/mol. The number of benzene rings is 1. The first-order chi connectivity index (χ1) is 18.9. The van der Waals surface area contributed by atoms with E-state index in [0.29, 0.717) is 29.0 Å². The van der Waals surface area contributed by atoms with Gasteiger partial charge in [-0.2, -0.15) is 0 Å². The first-order valence-electron chi connectivity index (χ1n) is 13.0. The molecule has 1 aliphatic heterocycles. The van der Waals surface area contributed by atoms with E-state index in [9.17, 15) is 4.79 Å². The monoisotopic (exact) mass is 555 g/mol. The standard InChI is InChI=1S/C28H37N5O5S/c1-20-17-26(32(2)11-9-21-5-7-23(35-3)25(18-21)36-4)31-28(30-20)39-19-22-6-8-24(38-22)27(34)29-10-12-33-13-15-37-16-14-33/h5-8,17-18H,9-16,19H2,1-4H3,(H,29,34). The Balaban J connectivity index is 1.27. The number of ether oxygens (including phenoxy) is 3. The lowest BCUT2D eigenvalue weighted by molar-refractivity contribution is 0.0382. The second-order valence-corrected chi connectivity index (χ2v) is 10.2. The average molecular weight is 556 g/mol. The number of carbonyl (C=O) groups excluding carboxylic acids is 1. The second kappa shape index (κ2) is 14.2. The number of rotatable bonds is 13. The Kier molecular flexibility index (Phi) is 10.5. The molecule has 2 aromatic heterocycles. The molecule has 11 heteroatoms. The number of amides is 1. The van der Waals surface area contributed by atoms with Gasteiger partial charge in [0.25, 0.3) is 5.91 Å². The van der Waals surface area contributed by atoms with Gasteiger partial charge in [0.15, 0.2) is 22.4 Å². The van der Waals surface area contributed by atoms with Crippen LogP contribution in [0.3, 0.4) is 0 Å². The molecule has 4 rings (SSSR count). The van der Waals surface area contributed by atoms with Crippen LogP contribution >= 0.6 is 11.8 Å². The van der Waals surface area contributed by atoms with Gasteiger partial charge in [-0.3, -0.25) is 9.69 Å². The highest BCUT2D eigenvalue weighted by molar-refractivity contribution is 7.98. The van der Waals surface area contributed by atoms with Gasteiger partial charge in [0.2, 0.25) is 0 Å². The van der Waals surface area contributed by atoms with Gasteiger partial charge in [-0.1, -0.05) is 17.8 Å². The van der Waals surface area contributed by atoms with Crippen LogP contribution in [0.4, 0.5) is 5.82 Å². The maximum atomic E-state index is 12.5. The molecule has 1 aromatic carbocycles. The van der Waals surface area contributed by atoms with Crippen molar-refractivity contribution < 1.29 is 23.4 Å². The van der Waals surface area contributed by atoms with E-state index in [4.69, 9.17) is 23.6 Å². The summed E-state index contributed by atoms with van der Waals surface area (Å²) in [5.41, 5.74) is 2.04. The Morgan fingerprint density at radius 3 is 2.67 bits per heavy atom. The highest BCUT2D eigenvalue weighted by Crippen LogP contribution is 2.28. The molecule has 0 aliphatic carbocycles. The first-order valence-corrected chi connectivity index (χ1v) is 14.0. The number of carbonyl (C=O) groups is 1. The number of methoxy groups -OCH3 is 2. The highest BCUT2D eigenvalue weighted by atomic mass is 32.2. The van der Waals surface area contributed by atoms with Crippen LogP contribution in [0.2, 0.25) is 0 Å². The average Bonchev–Trinajstić information content (AvgIpc) is 3.44. The summed E-state index contributed by atoms with van der Waals surface area (Å²) >= 11 is 1.48. The van der Waals surface area contributed by atoms with Crippen LogP contribution in [0.15, 0.2) is 46.0 Å². The van der Waals surface area contributed by atoms with Crippen molar-refractivity contribution in [1.82, 2.24) is 20.2 Å². The van der Waals surface area contributed by atoms with Crippen LogP contribution in [-0.2, 0) is 16.9 Å². The van der Waals surface area contributed by atoms with Crippen molar-refractivity contribution >= 4 is 23.5 Å². The third-order valence-corrected chi connectivity index (χ3v) is 7.31. The molecule has 1 N–H and O–H groups in total. The lowest BCUT2D eigenvalue weighted by Gasteiger charge is -2.26. The van der Waals surface area contributed by atoms with E-state index in [2.05, 4.69) is 20.1 Å². The number of thioether (sulfide) groups is 1. The molecule has 0 unspecified atom stereocenters. The smallest absolute Gasteiger partial charge is 0.287 e. The number of nitrogens with one attached hydrogen (secondary N) is 1. The molecular weight excluding hydrogens is 518 g/mol. The number of hydrogen-bond donors (Lipinski definition) is 1. The highest BCUT2D eigenvalue weighted by Gasteiger charge is 2.15. The lowest BCUT2D eigenvalue weighted by atomic mass is 10.1. The number of furan rings is 1. The molecule has 0 bridgehead atoms. The Labute approximate surface area is 234 Å². The minimum atomic E-state index is -0.204. The van der Waals surface area contributed by atoms with E-state index in [1.807, 2.05) is 44.3 Å². The summed E-state index contributed by atoms with van der Waals surface area (Å²) in [6.45, 7) is 7.39. The van der Waals surface area contributed by atoms with Crippen LogP contribution < -0.4 is 19.7 Å².